The van der Waals surface area contributed by atoms with E-state index < -0.39 is 42.8 Å². The topological polar surface area (TPSA) is 119 Å². The molecule has 2 amide bonds. The maximum atomic E-state index is 15.2. The Morgan fingerprint density at radius 1 is 1.19 bits per heavy atom. The van der Waals surface area contributed by atoms with Gasteiger partial charge in [0.2, 0.25) is 5.91 Å². The van der Waals surface area contributed by atoms with Gasteiger partial charge in [-0.05, 0) is 24.3 Å². The first kappa shape index (κ1) is 31.0. The van der Waals surface area contributed by atoms with Gasteiger partial charge >= 0.3 is 12.3 Å². The minimum absolute atomic E-state index is 0.0185. The molecule has 3 aliphatic rings. The van der Waals surface area contributed by atoms with Crippen molar-refractivity contribution in [3.05, 3.63) is 47.9 Å². The van der Waals surface area contributed by atoms with Gasteiger partial charge < -0.3 is 34.6 Å². The number of hydrogen-bond acceptors (Lipinski definition) is 9. The van der Waals surface area contributed by atoms with E-state index in [2.05, 4.69) is 26.9 Å². The summed E-state index contributed by atoms with van der Waals surface area (Å²) in [5.41, 5.74) is 0.531. The van der Waals surface area contributed by atoms with Crippen LogP contribution in [0.25, 0.3) is 0 Å². The minimum Gasteiger partial charge on any atom is -0.472 e. The molecule has 2 saturated heterocycles. The van der Waals surface area contributed by atoms with Gasteiger partial charge in [0.25, 0.3) is 0 Å². The molecule has 0 radical (unpaired) electrons. The standard InChI is InChI=1S/C26H31F5N6O5/c1-16-37(14-19(42-16)12-34-25(40)41-15-26(29,30)31)18-9-20(27)23(21(28)10-18)36-7-5-35(6-8-36)22(38)13-33-24(39)17-3-2-4-32-11-17/h3-4,9-10,19,24,33,39H,1-2,5-8,11-15H2,(H,34,40). The van der Waals surface area contributed by atoms with Crippen molar-refractivity contribution >= 4 is 29.6 Å². The number of nitrogens with zero attached hydrogens (tertiary/aromatic N) is 4. The number of aliphatic hydroxyl groups is 1. The summed E-state index contributed by atoms with van der Waals surface area (Å²) in [4.78, 5) is 32.6. The second kappa shape index (κ2) is 13.4. The van der Waals surface area contributed by atoms with Gasteiger partial charge in [0.05, 0.1) is 26.2 Å². The molecule has 0 saturated carbocycles. The van der Waals surface area contributed by atoms with E-state index in [0.29, 0.717) is 18.5 Å². The van der Waals surface area contributed by atoms with Crippen LogP contribution in [0.3, 0.4) is 0 Å². The molecule has 2 fully saturated rings. The van der Waals surface area contributed by atoms with E-state index in [1.54, 1.807) is 11.1 Å². The molecular formula is C26H31F5N6O5. The van der Waals surface area contributed by atoms with Crippen LogP contribution in [0.4, 0.5) is 38.1 Å². The van der Waals surface area contributed by atoms with E-state index in [1.807, 2.05) is 6.08 Å². The SMILES string of the molecule is C=C1OC(CNC(=O)OCC(F)(F)F)CN1c1cc(F)c(N2CCN(C(=O)CNC(O)C3=CCC=NC3)CC2)c(F)c1. The lowest BCUT2D eigenvalue weighted by molar-refractivity contribution is -0.160. The number of piperazine rings is 1. The monoisotopic (exact) mass is 602 g/mol. The van der Waals surface area contributed by atoms with Crippen molar-refractivity contribution < 1.29 is 46.1 Å². The van der Waals surface area contributed by atoms with Gasteiger partial charge in [0.15, 0.2) is 24.1 Å². The van der Waals surface area contributed by atoms with Crippen molar-refractivity contribution in [2.75, 3.05) is 68.8 Å². The second-order valence-corrected chi connectivity index (χ2v) is 9.76. The maximum Gasteiger partial charge on any atom is 0.422 e. The zero-order valence-corrected chi connectivity index (χ0v) is 22.5. The van der Waals surface area contributed by atoms with Gasteiger partial charge in [0.1, 0.15) is 18.0 Å². The third-order valence-electron chi connectivity index (χ3n) is 6.78. The van der Waals surface area contributed by atoms with Crippen LogP contribution in [-0.2, 0) is 14.3 Å². The molecule has 230 valence electrons. The number of amides is 2. The largest absolute Gasteiger partial charge is 0.472 e. The number of anilines is 2. The predicted molar refractivity (Wildman–Crippen MR) is 142 cm³/mol. The van der Waals surface area contributed by atoms with Crippen LogP contribution in [-0.4, -0.2) is 106 Å². The zero-order chi connectivity index (χ0) is 30.4. The molecule has 3 aliphatic heterocycles. The third kappa shape index (κ3) is 8.09. The Morgan fingerprint density at radius 3 is 2.50 bits per heavy atom. The van der Waals surface area contributed by atoms with Crippen LogP contribution < -0.4 is 20.4 Å². The van der Waals surface area contributed by atoms with E-state index >= 15 is 8.78 Å². The number of aliphatic hydroxyl groups excluding tert-OH is 1. The van der Waals surface area contributed by atoms with Gasteiger partial charge in [-0.3, -0.25) is 15.1 Å². The van der Waals surface area contributed by atoms with Crippen molar-refractivity contribution in [1.82, 2.24) is 15.5 Å². The number of hydrogen-bond donors (Lipinski definition) is 3. The molecule has 11 nitrogen and oxygen atoms in total. The van der Waals surface area contributed by atoms with Crippen LogP contribution >= 0.6 is 0 Å². The summed E-state index contributed by atoms with van der Waals surface area (Å²) in [5.74, 6) is -1.91. The van der Waals surface area contributed by atoms with E-state index in [9.17, 15) is 27.9 Å². The van der Waals surface area contributed by atoms with Gasteiger partial charge in [-0.15, -0.1) is 0 Å². The van der Waals surface area contributed by atoms with Crippen LogP contribution in [0.2, 0.25) is 0 Å². The number of nitrogens with one attached hydrogen (secondary N) is 2. The Bertz CT molecular complexity index is 1210. The first-order chi connectivity index (χ1) is 19.9. The highest BCUT2D eigenvalue weighted by Gasteiger charge is 2.33. The Balaban J connectivity index is 1.27. The number of benzene rings is 1. The number of rotatable bonds is 9. The lowest BCUT2D eigenvalue weighted by Gasteiger charge is -2.36. The normalized spacial score (nSPS) is 19.9. The first-order valence-electron chi connectivity index (χ1n) is 13.1. The average Bonchev–Trinajstić information content (AvgIpc) is 3.33. The molecule has 16 heteroatoms. The fraction of sp³-hybridized carbons (Fsp3) is 0.500. The molecular weight excluding hydrogens is 571 g/mol. The van der Waals surface area contributed by atoms with Crippen LogP contribution in [0, 0.1) is 11.6 Å². The molecule has 42 heavy (non-hydrogen) atoms. The number of alkyl halides is 3. The third-order valence-corrected chi connectivity index (χ3v) is 6.78. The minimum atomic E-state index is -4.66. The smallest absolute Gasteiger partial charge is 0.422 e. The molecule has 0 aromatic heterocycles. The number of aliphatic imine (C=N–C) groups is 1. The van der Waals surface area contributed by atoms with Crippen molar-refractivity contribution in [1.29, 1.82) is 0 Å². The molecule has 1 aromatic rings. The van der Waals surface area contributed by atoms with E-state index in [4.69, 9.17) is 4.74 Å². The highest BCUT2D eigenvalue weighted by atomic mass is 19.4. The number of halogens is 5. The maximum absolute atomic E-state index is 15.2. The van der Waals surface area contributed by atoms with Crippen LogP contribution in [0.5, 0.6) is 0 Å². The highest BCUT2D eigenvalue weighted by Crippen LogP contribution is 2.33. The molecule has 0 bridgehead atoms. The summed E-state index contributed by atoms with van der Waals surface area (Å²) in [7, 11) is 0. The summed E-state index contributed by atoms with van der Waals surface area (Å²) in [6, 6.07) is 2.21. The van der Waals surface area contributed by atoms with Gasteiger partial charge in [-0.1, -0.05) is 6.08 Å². The first-order valence-corrected chi connectivity index (χ1v) is 13.1. The fourth-order valence-corrected chi connectivity index (χ4v) is 4.68. The summed E-state index contributed by atoms with van der Waals surface area (Å²) in [6.45, 7) is 2.81. The van der Waals surface area contributed by atoms with E-state index in [1.165, 1.54) is 9.80 Å². The molecule has 0 spiro atoms. The summed E-state index contributed by atoms with van der Waals surface area (Å²) in [6.07, 6.45) is -3.50. The Hall–Kier alpha value is -3.92. The molecule has 4 rings (SSSR count). The number of carbonyl (C=O) groups is 2. The number of carbonyl (C=O) groups excluding carboxylic acids is 2. The highest BCUT2D eigenvalue weighted by molar-refractivity contribution is 5.78. The Labute approximate surface area is 238 Å². The second-order valence-electron chi connectivity index (χ2n) is 9.76. The molecule has 0 aliphatic carbocycles. The summed E-state index contributed by atoms with van der Waals surface area (Å²) in [5, 5.41) is 15.1. The van der Waals surface area contributed by atoms with Crippen molar-refractivity contribution in [2.24, 2.45) is 4.99 Å². The molecule has 3 heterocycles. The fourth-order valence-electron chi connectivity index (χ4n) is 4.68. The quantitative estimate of drug-likeness (QED) is 0.223. The molecule has 2 unspecified atom stereocenters. The van der Waals surface area contributed by atoms with Crippen molar-refractivity contribution in [2.45, 2.75) is 24.9 Å². The number of dihydropyridines is 1. The van der Waals surface area contributed by atoms with E-state index in [0.717, 1.165) is 12.1 Å². The Kier molecular flexibility index (Phi) is 9.88. The molecule has 1 aromatic carbocycles. The number of ether oxygens (including phenoxy) is 2. The van der Waals surface area contributed by atoms with Gasteiger partial charge in [-0.25, -0.2) is 13.6 Å². The lowest BCUT2D eigenvalue weighted by Crippen LogP contribution is -2.52. The Morgan fingerprint density at radius 2 is 1.88 bits per heavy atom. The summed E-state index contributed by atoms with van der Waals surface area (Å²) >= 11 is 0. The van der Waals surface area contributed by atoms with Gasteiger partial charge in [0, 0.05) is 44.5 Å². The molecule has 3 N–H and O–H groups in total. The number of alkyl carbamates (subject to hydrolysis) is 1. The van der Waals surface area contributed by atoms with Crippen molar-refractivity contribution in [3.8, 4) is 0 Å². The van der Waals surface area contributed by atoms with Crippen LogP contribution in [0.15, 0.2) is 41.2 Å². The summed E-state index contributed by atoms with van der Waals surface area (Å²) < 4.78 is 76.4. The van der Waals surface area contributed by atoms with Crippen molar-refractivity contribution in [3.63, 3.8) is 0 Å². The number of allylic oxidation sites excluding steroid dienone is 1. The lowest BCUT2D eigenvalue weighted by atomic mass is 10.1. The average molecular weight is 603 g/mol. The van der Waals surface area contributed by atoms with Gasteiger partial charge in [-0.2, -0.15) is 13.2 Å². The van der Waals surface area contributed by atoms with E-state index in [-0.39, 0.29) is 69.0 Å². The predicted octanol–water partition coefficient (Wildman–Crippen LogP) is 1.89. The van der Waals surface area contributed by atoms with Crippen LogP contribution in [0.1, 0.15) is 6.42 Å². The zero-order valence-electron chi connectivity index (χ0n) is 22.5. The molecule has 2 atom stereocenters.